The molecule has 4 nitrogen and oxygen atoms in total. The number of rotatable bonds is 8. The van der Waals surface area contributed by atoms with Crippen molar-refractivity contribution < 1.29 is 14.3 Å². The predicted molar refractivity (Wildman–Crippen MR) is 64.1 cm³/mol. The van der Waals surface area contributed by atoms with E-state index in [9.17, 15) is 4.79 Å². The summed E-state index contributed by atoms with van der Waals surface area (Å²) in [6, 6.07) is -0.108. The molecular weight excluding hydrogens is 206 g/mol. The van der Waals surface area contributed by atoms with E-state index < -0.39 is 0 Å². The molecule has 0 heterocycles. The number of hydrogen-bond donors (Lipinski definition) is 1. The maximum absolute atomic E-state index is 11.4. The van der Waals surface area contributed by atoms with Crippen LogP contribution >= 0.6 is 0 Å². The van der Waals surface area contributed by atoms with Gasteiger partial charge < -0.3 is 14.8 Å². The van der Waals surface area contributed by atoms with Gasteiger partial charge in [-0.25, -0.2) is 0 Å². The molecular formula is C12H23NO3. The molecule has 1 N–H and O–H groups in total. The van der Waals surface area contributed by atoms with E-state index in [0.717, 1.165) is 6.42 Å². The van der Waals surface area contributed by atoms with E-state index in [2.05, 4.69) is 5.32 Å². The van der Waals surface area contributed by atoms with Crippen LogP contribution < -0.4 is 5.32 Å². The fourth-order valence-corrected chi connectivity index (χ4v) is 1.35. The van der Waals surface area contributed by atoms with Gasteiger partial charge in [0.2, 0.25) is 5.91 Å². The van der Waals surface area contributed by atoms with Gasteiger partial charge in [-0.1, -0.05) is 13.0 Å². The Kier molecular flexibility index (Phi) is 8.85. The highest BCUT2D eigenvalue weighted by Gasteiger charge is 2.21. The number of hydrogen-bond acceptors (Lipinski definition) is 3. The lowest BCUT2D eigenvalue weighted by molar-refractivity contribution is -0.157. The highest BCUT2D eigenvalue weighted by molar-refractivity contribution is 5.87. The van der Waals surface area contributed by atoms with Crippen LogP contribution in [0, 0.1) is 0 Å². The Balaban J connectivity index is 4.34. The lowest BCUT2D eigenvalue weighted by Crippen LogP contribution is -2.45. The first-order chi connectivity index (χ1) is 7.69. The van der Waals surface area contributed by atoms with Crippen molar-refractivity contribution in [2.75, 3.05) is 13.2 Å². The third-order valence-corrected chi connectivity index (χ3v) is 2.08. The predicted octanol–water partition coefficient (Wildman–Crippen LogP) is 1.86. The summed E-state index contributed by atoms with van der Waals surface area (Å²) in [4.78, 5) is 11.4. The molecule has 0 saturated heterocycles. The van der Waals surface area contributed by atoms with Gasteiger partial charge in [0, 0.05) is 13.2 Å². The lowest BCUT2D eigenvalue weighted by atomic mass is 10.2. The number of amides is 1. The van der Waals surface area contributed by atoms with Crippen molar-refractivity contribution in [2.45, 2.75) is 46.4 Å². The highest BCUT2D eigenvalue weighted by Crippen LogP contribution is 2.06. The summed E-state index contributed by atoms with van der Waals surface area (Å²) in [5.74, 6) is -0.112. The van der Waals surface area contributed by atoms with Crippen LogP contribution in [0.1, 0.15) is 34.1 Å². The second-order valence-electron chi connectivity index (χ2n) is 3.30. The molecule has 1 amide bonds. The van der Waals surface area contributed by atoms with Gasteiger partial charge in [-0.15, -0.1) is 0 Å². The zero-order valence-electron chi connectivity index (χ0n) is 10.7. The Morgan fingerprint density at radius 1 is 1.25 bits per heavy atom. The van der Waals surface area contributed by atoms with Gasteiger partial charge in [0.15, 0.2) is 6.29 Å². The SMILES string of the molecule is C/C=C/C(=O)NC(CC)C(OCC)OCC. The van der Waals surface area contributed by atoms with Crippen LogP contribution in [0.2, 0.25) is 0 Å². The molecule has 0 aromatic heterocycles. The molecule has 0 aliphatic rings. The van der Waals surface area contributed by atoms with E-state index in [1.807, 2.05) is 27.7 Å². The average molecular weight is 229 g/mol. The van der Waals surface area contributed by atoms with Gasteiger partial charge in [0.1, 0.15) is 0 Å². The van der Waals surface area contributed by atoms with Gasteiger partial charge in [-0.05, 0) is 33.3 Å². The topological polar surface area (TPSA) is 47.6 Å². The minimum Gasteiger partial charge on any atom is -0.351 e. The van der Waals surface area contributed by atoms with E-state index in [-0.39, 0.29) is 18.2 Å². The Hall–Kier alpha value is -0.870. The lowest BCUT2D eigenvalue weighted by Gasteiger charge is -2.26. The maximum Gasteiger partial charge on any atom is 0.244 e. The summed E-state index contributed by atoms with van der Waals surface area (Å²) in [5.41, 5.74) is 0. The Morgan fingerprint density at radius 3 is 2.19 bits per heavy atom. The van der Waals surface area contributed by atoms with Crippen LogP contribution in [0.4, 0.5) is 0 Å². The smallest absolute Gasteiger partial charge is 0.244 e. The van der Waals surface area contributed by atoms with Crippen molar-refractivity contribution in [3.63, 3.8) is 0 Å². The molecule has 0 aromatic carbocycles. The molecule has 1 unspecified atom stereocenters. The number of carbonyl (C=O) groups is 1. The van der Waals surface area contributed by atoms with Crippen molar-refractivity contribution in [3.05, 3.63) is 12.2 Å². The fraction of sp³-hybridized carbons (Fsp3) is 0.750. The second-order valence-corrected chi connectivity index (χ2v) is 3.30. The van der Waals surface area contributed by atoms with Crippen molar-refractivity contribution in [1.29, 1.82) is 0 Å². The molecule has 0 bridgehead atoms. The van der Waals surface area contributed by atoms with Crippen molar-refractivity contribution in [2.24, 2.45) is 0 Å². The number of allylic oxidation sites excluding steroid dienone is 1. The van der Waals surface area contributed by atoms with Gasteiger partial charge in [-0.3, -0.25) is 4.79 Å². The summed E-state index contributed by atoms with van der Waals surface area (Å²) in [5, 5.41) is 2.86. The van der Waals surface area contributed by atoms with E-state index in [4.69, 9.17) is 9.47 Å². The number of carbonyl (C=O) groups excluding carboxylic acids is 1. The standard InChI is InChI=1S/C12H23NO3/c1-5-9-11(14)13-10(6-2)12(15-7-3)16-8-4/h5,9-10,12H,6-8H2,1-4H3,(H,13,14)/b9-5+. The van der Waals surface area contributed by atoms with Crippen LogP contribution in [-0.2, 0) is 14.3 Å². The van der Waals surface area contributed by atoms with Crippen LogP contribution in [0.3, 0.4) is 0 Å². The molecule has 4 heteroatoms. The molecule has 0 rings (SSSR count). The van der Waals surface area contributed by atoms with Gasteiger partial charge >= 0.3 is 0 Å². The molecule has 0 aliphatic carbocycles. The largest absolute Gasteiger partial charge is 0.351 e. The quantitative estimate of drug-likeness (QED) is 0.510. The van der Waals surface area contributed by atoms with Crippen LogP contribution in [0.15, 0.2) is 12.2 Å². The van der Waals surface area contributed by atoms with Crippen LogP contribution in [0.5, 0.6) is 0 Å². The van der Waals surface area contributed by atoms with Crippen molar-refractivity contribution in [1.82, 2.24) is 5.32 Å². The zero-order chi connectivity index (χ0) is 12.4. The monoisotopic (exact) mass is 229 g/mol. The Morgan fingerprint density at radius 2 is 1.81 bits per heavy atom. The number of ether oxygens (including phenoxy) is 2. The normalized spacial score (nSPS) is 13.3. The van der Waals surface area contributed by atoms with E-state index >= 15 is 0 Å². The zero-order valence-corrected chi connectivity index (χ0v) is 10.7. The molecule has 0 aromatic rings. The second kappa shape index (κ2) is 9.36. The first-order valence-electron chi connectivity index (χ1n) is 5.85. The molecule has 0 saturated carbocycles. The molecule has 0 aliphatic heterocycles. The Bertz CT molecular complexity index is 210. The fourth-order valence-electron chi connectivity index (χ4n) is 1.35. The third kappa shape index (κ3) is 5.88. The van der Waals surface area contributed by atoms with Gasteiger partial charge in [-0.2, -0.15) is 0 Å². The van der Waals surface area contributed by atoms with Crippen molar-refractivity contribution in [3.8, 4) is 0 Å². The molecule has 94 valence electrons. The molecule has 0 spiro atoms. The molecule has 0 radical (unpaired) electrons. The highest BCUT2D eigenvalue weighted by atomic mass is 16.7. The first kappa shape index (κ1) is 15.1. The summed E-state index contributed by atoms with van der Waals surface area (Å²) >= 11 is 0. The Labute approximate surface area is 98.0 Å². The minimum absolute atomic E-state index is 0.108. The summed E-state index contributed by atoms with van der Waals surface area (Å²) in [7, 11) is 0. The first-order valence-corrected chi connectivity index (χ1v) is 5.85. The van der Waals surface area contributed by atoms with E-state index in [1.54, 1.807) is 6.08 Å². The van der Waals surface area contributed by atoms with Crippen molar-refractivity contribution >= 4 is 5.91 Å². The maximum atomic E-state index is 11.4. The molecule has 1 atom stereocenters. The molecule has 16 heavy (non-hydrogen) atoms. The summed E-state index contributed by atoms with van der Waals surface area (Å²) < 4.78 is 10.9. The summed E-state index contributed by atoms with van der Waals surface area (Å²) in [6.07, 6.45) is 3.61. The third-order valence-electron chi connectivity index (χ3n) is 2.08. The molecule has 0 fully saturated rings. The van der Waals surface area contributed by atoms with E-state index in [1.165, 1.54) is 6.08 Å². The van der Waals surface area contributed by atoms with E-state index in [0.29, 0.717) is 13.2 Å². The minimum atomic E-state index is -0.366. The summed E-state index contributed by atoms with van der Waals surface area (Å²) in [6.45, 7) is 8.76. The van der Waals surface area contributed by atoms with Crippen LogP contribution in [-0.4, -0.2) is 31.5 Å². The van der Waals surface area contributed by atoms with Crippen LogP contribution in [0.25, 0.3) is 0 Å². The average Bonchev–Trinajstić information content (AvgIpc) is 2.26. The number of nitrogens with one attached hydrogen (secondary N) is 1. The van der Waals surface area contributed by atoms with Gasteiger partial charge in [0.25, 0.3) is 0 Å². The van der Waals surface area contributed by atoms with Gasteiger partial charge in [0.05, 0.1) is 6.04 Å².